The molecule has 0 aliphatic rings. The van der Waals surface area contributed by atoms with Crippen molar-refractivity contribution in [1.29, 1.82) is 0 Å². The summed E-state index contributed by atoms with van der Waals surface area (Å²) in [5, 5.41) is 17.4. The molecule has 2 heterocycles. The van der Waals surface area contributed by atoms with E-state index < -0.39 is 6.10 Å². The summed E-state index contributed by atoms with van der Waals surface area (Å²) in [6.07, 6.45) is 3.36. The second-order valence-electron chi connectivity index (χ2n) is 4.57. The quantitative estimate of drug-likeness (QED) is 0.687. The Bertz CT molecular complexity index is 604. The largest absolute Gasteiger partial charge is 0.390 e. The number of hydrogen-bond acceptors (Lipinski definition) is 5. The van der Waals surface area contributed by atoms with Crippen LogP contribution >= 0.6 is 0 Å². The molecule has 0 spiro atoms. The summed E-state index contributed by atoms with van der Waals surface area (Å²) < 4.78 is 2.97. The van der Waals surface area contributed by atoms with Crippen molar-refractivity contribution >= 4 is 11.0 Å². The van der Waals surface area contributed by atoms with Gasteiger partial charge in [-0.2, -0.15) is 5.10 Å². The number of aliphatic hydroxyl groups excluding tert-OH is 1. The van der Waals surface area contributed by atoms with Gasteiger partial charge in [-0.05, 0) is 13.0 Å². The van der Waals surface area contributed by atoms with Gasteiger partial charge in [0, 0.05) is 13.6 Å². The molecular formula is C12H19N5O2. The Morgan fingerprint density at radius 3 is 3.05 bits per heavy atom. The molecule has 0 aromatic carbocycles. The number of nitrogens with one attached hydrogen (secondary N) is 1. The van der Waals surface area contributed by atoms with E-state index in [1.165, 1.54) is 17.1 Å². The fourth-order valence-electron chi connectivity index (χ4n) is 1.93. The second kappa shape index (κ2) is 5.94. The molecule has 2 aromatic rings. The van der Waals surface area contributed by atoms with Crippen LogP contribution in [-0.4, -0.2) is 43.6 Å². The molecule has 2 aromatic heterocycles. The van der Waals surface area contributed by atoms with Gasteiger partial charge in [-0.3, -0.25) is 14.0 Å². The highest BCUT2D eigenvalue weighted by atomic mass is 16.3. The number of aryl methyl sites for hydroxylation is 1. The van der Waals surface area contributed by atoms with E-state index in [9.17, 15) is 9.90 Å². The molecule has 0 bridgehead atoms. The van der Waals surface area contributed by atoms with Gasteiger partial charge in [-0.1, -0.05) is 6.92 Å². The van der Waals surface area contributed by atoms with Crippen LogP contribution in [0.25, 0.3) is 11.0 Å². The Labute approximate surface area is 110 Å². The average molecular weight is 265 g/mol. The van der Waals surface area contributed by atoms with E-state index in [0.717, 1.165) is 13.0 Å². The van der Waals surface area contributed by atoms with Crippen molar-refractivity contribution in [3.05, 3.63) is 22.9 Å². The highest BCUT2D eigenvalue weighted by molar-refractivity contribution is 5.72. The van der Waals surface area contributed by atoms with E-state index in [1.807, 2.05) is 0 Å². The minimum absolute atomic E-state index is 0.173. The first-order chi connectivity index (χ1) is 9.13. The maximum atomic E-state index is 12.1. The molecule has 0 saturated heterocycles. The molecule has 7 nitrogen and oxygen atoms in total. The molecule has 1 atom stereocenters. The Morgan fingerprint density at radius 1 is 1.53 bits per heavy atom. The van der Waals surface area contributed by atoms with Crippen LogP contribution in [0.3, 0.4) is 0 Å². The standard InChI is InChI=1S/C12H19N5O2/c1-3-4-13-5-9(18)7-17-8-14-11-10(12(17)19)6-15-16(11)2/h6,8-9,13,18H,3-5,7H2,1-2H3. The van der Waals surface area contributed by atoms with E-state index in [-0.39, 0.29) is 12.1 Å². The highest BCUT2D eigenvalue weighted by Gasteiger charge is 2.11. The fourth-order valence-corrected chi connectivity index (χ4v) is 1.93. The molecule has 2 rings (SSSR count). The van der Waals surface area contributed by atoms with E-state index in [2.05, 4.69) is 22.3 Å². The average Bonchev–Trinajstić information content (AvgIpc) is 2.76. The van der Waals surface area contributed by atoms with E-state index in [1.54, 1.807) is 11.7 Å². The lowest BCUT2D eigenvalue weighted by atomic mass is 10.3. The van der Waals surface area contributed by atoms with Crippen molar-refractivity contribution in [1.82, 2.24) is 24.6 Å². The molecule has 0 fully saturated rings. The Hall–Kier alpha value is -1.73. The SMILES string of the molecule is CCCNCC(O)Cn1cnc2c(cnn2C)c1=O. The summed E-state index contributed by atoms with van der Waals surface area (Å²) in [6.45, 7) is 3.61. The maximum Gasteiger partial charge on any atom is 0.264 e. The lowest BCUT2D eigenvalue weighted by Gasteiger charge is -2.12. The smallest absolute Gasteiger partial charge is 0.264 e. The molecule has 0 aliphatic carbocycles. The summed E-state index contributed by atoms with van der Waals surface area (Å²) in [6, 6.07) is 0. The number of aromatic nitrogens is 4. The van der Waals surface area contributed by atoms with Gasteiger partial charge in [-0.15, -0.1) is 0 Å². The molecule has 104 valence electrons. The predicted molar refractivity (Wildman–Crippen MR) is 71.9 cm³/mol. The molecule has 0 aliphatic heterocycles. The Kier molecular flexibility index (Phi) is 4.28. The van der Waals surface area contributed by atoms with Crippen molar-refractivity contribution in [2.45, 2.75) is 26.0 Å². The first kappa shape index (κ1) is 13.7. The van der Waals surface area contributed by atoms with Gasteiger partial charge in [0.15, 0.2) is 5.65 Å². The van der Waals surface area contributed by atoms with Crippen LogP contribution in [-0.2, 0) is 13.6 Å². The van der Waals surface area contributed by atoms with Crippen LogP contribution in [0.15, 0.2) is 17.3 Å². The molecule has 0 amide bonds. The zero-order valence-corrected chi connectivity index (χ0v) is 11.2. The van der Waals surface area contributed by atoms with E-state index in [4.69, 9.17) is 0 Å². The van der Waals surface area contributed by atoms with Crippen LogP contribution in [0.1, 0.15) is 13.3 Å². The van der Waals surface area contributed by atoms with E-state index in [0.29, 0.717) is 17.6 Å². The number of nitrogens with zero attached hydrogens (tertiary/aromatic N) is 4. The normalized spacial score (nSPS) is 13.0. The molecule has 0 saturated carbocycles. The summed E-state index contributed by atoms with van der Waals surface area (Å²) in [5.41, 5.74) is 0.382. The van der Waals surface area contributed by atoms with Crippen LogP contribution in [0.4, 0.5) is 0 Å². The van der Waals surface area contributed by atoms with Crippen LogP contribution < -0.4 is 10.9 Å². The summed E-state index contributed by atoms with van der Waals surface area (Å²) >= 11 is 0. The third-order valence-electron chi connectivity index (χ3n) is 2.93. The van der Waals surface area contributed by atoms with Gasteiger partial charge < -0.3 is 10.4 Å². The Morgan fingerprint density at radius 2 is 2.32 bits per heavy atom. The summed E-state index contributed by atoms with van der Waals surface area (Å²) in [5.74, 6) is 0. The third-order valence-corrected chi connectivity index (χ3v) is 2.93. The lowest BCUT2D eigenvalue weighted by molar-refractivity contribution is 0.150. The first-order valence-corrected chi connectivity index (χ1v) is 6.39. The van der Waals surface area contributed by atoms with Crippen molar-refractivity contribution < 1.29 is 5.11 Å². The summed E-state index contributed by atoms with van der Waals surface area (Å²) in [7, 11) is 1.74. The van der Waals surface area contributed by atoms with Gasteiger partial charge in [0.1, 0.15) is 11.7 Å². The van der Waals surface area contributed by atoms with Crippen LogP contribution in [0, 0.1) is 0 Å². The van der Waals surface area contributed by atoms with E-state index >= 15 is 0 Å². The van der Waals surface area contributed by atoms with Gasteiger partial charge in [0.25, 0.3) is 5.56 Å². The monoisotopic (exact) mass is 265 g/mol. The van der Waals surface area contributed by atoms with Gasteiger partial charge >= 0.3 is 0 Å². The minimum atomic E-state index is -0.611. The van der Waals surface area contributed by atoms with Gasteiger partial charge in [-0.25, -0.2) is 4.98 Å². The third kappa shape index (κ3) is 2.99. The number of rotatable bonds is 6. The number of fused-ring (bicyclic) bond motifs is 1. The van der Waals surface area contributed by atoms with Crippen molar-refractivity contribution in [2.75, 3.05) is 13.1 Å². The maximum absolute atomic E-state index is 12.1. The van der Waals surface area contributed by atoms with Crippen molar-refractivity contribution in [2.24, 2.45) is 7.05 Å². The molecule has 7 heteroatoms. The van der Waals surface area contributed by atoms with Crippen molar-refractivity contribution in [3.8, 4) is 0 Å². The molecule has 19 heavy (non-hydrogen) atoms. The molecule has 1 unspecified atom stereocenters. The first-order valence-electron chi connectivity index (χ1n) is 6.39. The minimum Gasteiger partial charge on any atom is -0.390 e. The highest BCUT2D eigenvalue weighted by Crippen LogP contribution is 2.03. The van der Waals surface area contributed by atoms with Crippen molar-refractivity contribution in [3.63, 3.8) is 0 Å². The molecule has 2 N–H and O–H groups in total. The summed E-state index contributed by atoms with van der Waals surface area (Å²) in [4.78, 5) is 16.3. The lowest BCUT2D eigenvalue weighted by Crippen LogP contribution is -2.34. The fraction of sp³-hybridized carbons (Fsp3) is 0.583. The topological polar surface area (TPSA) is 85.0 Å². The number of hydrogen-bond donors (Lipinski definition) is 2. The van der Waals surface area contributed by atoms with Gasteiger partial charge in [0.2, 0.25) is 0 Å². The zero-order chi connectivity index (χ0) is 13.8. The zero-order valence-electron chi connectivity index (χ0n) is 11.2. The van der Waals surface area contributed by atoms with Crippen LogP contribution in [0.5, 0.6) is 0 Å². The molecule has 0 radical (unpaired) electrons. The van der Waals surface area contributed by atoms with Gasteiger partial charge in [0.05, 0.1) is 18.8 Å². The predicted octanol–water partition coefficient (Wildman–Crippen LogP) is -0.509. The molecular weight excluding hydrogens is 246 g/mol. The second-order valence-corrected chi connectivity index (χ2v) is 4.57. The van der Waals surface area contributed by atoms with Crippen LogP contribution in [0.2, 0.25) is 0 Å². The number of aliphatic hydroxyl groups is 1. The Balaban J connectivity index is 2.13.